The van der Waals surface area contributed by atoms with Gasteiger partial charge in [-0.15, -0.1) is 0 Å². The molecule has 2 rings (SSSR count). The number of hydrogen-bond acceptors (Lipinski definition) is 3. The van der Waals surface area contributed by atoms with Crippen LogP contribution in [0.2, 0.25) is 0 Å². The van der Waals surface area contributed by atoms with Crippen molar-refractivity contribution in [3.63, 3.8) is 0 Å². The number of sulfonamides is 1. The molecule has 0 saturated heterocycles. The van der Waals surface area contributed by atoms with Gasteiger partial charge in [0.2, 0.25) is 10.0 Å². The van der Waals surface area contributed by atoms with Crippen LogP contribution in [0.3, 0.4) is 0 Å². The van der Waals surface area contributed by atoms with Crippen LogP contribution in [0.15, 0.2) is 47.4 Å². The van der Waals surface area contributed by atoms with Crippen molar-refractivity contribution in [2.75, 3.05) is 5.73 Å². The van der Waals surface area contributed by atoms with E-state index in [-0.39, 0.29) is 10.6 Å². The molecule has 0 spiro atoms. The standard InChI is InChI=1S/C15H17FN2O2S/c1-10-3-5-12(6-4-10)11(2)18-21(19,20)15-9-13(16)7-8-14(15)17/h3-9,11,18H,17H2,1-2H3. The van der Waals surface area contributed by atoms with Gasteiger partial charge in [-0.25, -0.2) is 17.5 Å². The summed E-state index contributed by atoms with van der Waals surface area (Å²) in [6.07, 6.45) is 0. The Balaban J connectivity index is 2.28. The van der Waals surface area contributed by atoms with Gasteiger partial charge in [0.1, 0.15) is 10.7 Å². The molecule has 0 amide bonds. The highest BCUT2D eigenvalue weighted by atomic mass is 32.2. The van der Waals surface area contributed by atoms with Gasteiger partial charge >= 0.3 is 0 Å². The lowest BCUT2D eigenvalue weighted by Crippen LogP contribution is -2.27. The Morgan fingerprint density at radius 3 is 2.38 bits per heavy atom. The molecule has 0 fully saturated rings. The Morgan fingerprint density at radius 1 is 1.14 bits per heavy atom. The highest BCUT2D eigenvalue weighted by Gasteiger charge is 2.21. The van der Waals surface area contributed by atoms with Gasteiger partial charge in [-0.2, -0.15) is 0 Å². The third kappa shape index (κ3) is 3.59. The topological polar surface area (TPSA) is 72.2 Å². The van der Waals surface area contributed by atoms with Gasteiger partial charge in [0.05, 0.1) is 5.69 Å². The summed E-state index contributed by atoms with van der Waals surface area (Å²) >= 11 is 0. The molecule has 0 aromatic heterocycles. The van der Waals surface area contributed by atoms with E-state index in [1.165, 1.54) is 6.07 Å². The second kappa shape index (κ2) is 5.83. The summed E-state index contributed by atoms with van der Waals surface area (Å²) in [5, 5.41) is 0. The summed E-state index contributed by atoms with van der Waals surface area (Å²) in [7, 11) is -3.89. The van der Waals surface area contributed by atoms with E-state index < -0.39 is 21.9 Å². The molecule has 2 aromatic carbocycles. The molecule has 0 saturated carbocycles. The largest absolute Gasteiger partial charge is 0.398 e. The van der Waals surface area contributed by atoms with Gasteiger partial charge in [0.15, 0.2) is 0 Å². The van der Waals surface area contributed by atoms with Gasteiger partial charge in [0, 0.05) is 6.04 Å². The summed E-state index contributed by atoms with van der Waals surface area (Å²) in [5.74, 6) is -0.646. The maximum atomic E-state index is 13.2. The zero-order valence-electron chi connectivity index (χ0n) is 11.8. The quantitative estimate of drug-likeness (QED) is 0.853. The fourth-order valence-electron chi connectivity index (χ4n) is 1.96. The van der Waals surface area contributed by atoms with Crippen LogP contribution >= 0.6 is 0 Å². The van der Waals surface area contributed by atoms with E-state index in [2.05, 4.69) is 4.72 Å². The third-order valence-electron chi connectivity index (χ3n) is 3.17. The first-order valence-electron chi connectivity index (χ1n) is 6.43. The van der Waals surface area contributed by atoms with Crippen LogP contribution in [-0.4, -0.2) is 8.42 Å². The molecule has 0 aliphatic rings. The average molecular weight is 308 g/mol. The molecule has 0 aliphatic carbocycles. The first-order valence-corrected chi connectivity index (χ1v) is 7.92. The Labute approximate surface area is 123 Å². The molecule has 3 N–H and O–H groups in total. The Bertz CT molecular complexity index is 743. The van der Waals surface area contributed by atoms with Crippen molar-refractivity contribution in [3.05, 3.63) is 59.4 Å². The van der Waals surface area contributed by atoms with Crippen molar-refractivity contribution >= 4 is 15.7 Å². The van der Waals surface area contributed by atoms with Gasteiger partial charge < -0.3 is 5.73 Å². The van der Waals surface area contributed by atoms with Crippen LogP contribution in [-0.2, 0) is 10.0 Å². The van der Waals surface area contributed by atoms with Crippen molar-refractivity contribution in [3.8, 4) is 0 Å². The third-order valence-corrected chi connectivity index (χ3v) is 4.77. The number of anilines is 1. The first kappa shape index (κ1) is 15.5. The van der Waals surface area contributed by atoms with Crippen molar-refractivity contribution < 1.29 is 12.8 Å². The molecule has 6 heteroatoms. The lowest BCUT2D eigenvalue weighted by molar-refractivity contribution is 0.564. The molecular formula is C15H17FN2O2S. The molecule has 0 aliphatic heterocycles. The van der Waals surface area contributed by atoms with E-state index in [4.69, 9.17) is 5.73 Å². The number of aryl methyl sites for hydroxylation is 1. The number of nitrogens with two attached hydrogens (primary N) is 1. The monoisotopic (exact) mass is 308 g/mol. The first-order chi connectivity index (χ1) is 9.79. The van der Waals surface area contributed by atoms with Crippen LogP contribution in [0, 0.1) is 12.7 Å². The van der Waals surface area contributed by atoms with Crippen LogP contribution in [0.4, 0.5) is 10.1 Å². The molecule has 0 radical (unpaired) electrons. The Morgan fingerprint density at radius 2 is 1.76 bits per heavy atom. The summed E-state index contributed by atoms with van der Waals surface area (Å²) in [6, 6.07) is 10.3. The maximum absolute atomic E-state index is 13.2. The number of halogens is 1. The SMILES string of the molecule is Cc1ccc(C(C)NS(=O)(=O)c2cc(F)ccc2N)cc1. The second-order valence-corrected chi connectivity index (χ2v) is 6.62. The second-order valence-electron chi connectivity index (χ2n) is 4.94. The molecule has 0 bridgehead atoms. The van der Waals surface area contributed by atoms with Gasteiger partial charge in [-0.05, 0) is 37.6 Å². The summed E-state index contributed by atoms with van der Waals surface area (Å²) in [5.41, 5.74) is 7.54. The maximum Gasteiger partial charge on any atom is 0.243 e. The highest BCUT2D eigenvalue weighted by molar-refractivity contribution is 7.89. The van der Waals surface area contributed by atoms with E-state index in [0.29, 0.717) is 0 Å². The lowest BCUT2D eigenvalue weighted by atomic mass is 10.1. The van der Waals surface area contributed by atoms with Crippen LogP contribution in [0.5, 0.6) is 0 Å². The van der Waals surface area contributed by atoms with Crippen molar-refractivity contribution in [2.45, 2.75) is 24.8 Å². The van der Waals surface area contributed by atoms with E-state index in [1.807, 2.05) is 31.2 Å². The minimum atomic E-state index is -3.89. The van der Waals surface area contributed by atoms with Gasteiger partial charge in [-0.3, -0.25) is 0 Å². The Kier molecular flexibility index (Phi) is 4.29. The zero-order chi connectivity index (χ0) is 15.6. The number of hydrogen-bond donors (Lipinski definition) is 2. The summed E-state index contributed by atoms with van der Waals surface area (Å²) in [4.78, 5) is -0.249. The molecule has 21 heavy (non-hydrogen) atoms. The number of nitrogens with one attached hydrogen (secondary N) is 1. The fourth-order valence-corrected chi connectivity index (χ4v) is 3.33. The van der Waals surface area contributed by atoms with Crippen LogP contribution < -0.4 is 10.5 Å². The van der Waals surface area contributed by atoms with Crippen LogP contribution in [0.1, 0.15) is 24.1 Å². The highest BCUT2D eigenvalue weighted by Crippen LogP contribution is 2.22. The Hall–Kier alpha value is -1.92. The van der Waals surface area contributed by atoms with Crippen molar-refractivity contribution in [2.24, 2.45) is 0 Å². The molecule has 2 aromatic rings. The van der Waals surface area contributed by atoms with Crippen molar-refractivity contribution in [1.29, 1.82) is 0 Å². The normalized spacial score (nSPS) is 13.1. The van der Waals surface area contributed by atoms with Gasteiger partial charge in [-0.1, -0.05) is 29.8 Å². The molecular weight excluding hydrogens is 291 g/mol. The predicted molar refractivity (Wildman–Crippen MR) is 80.7 cm³/mol. The summed E-state index contributed by atoms with van der Waals surface area (Å²) in [6.45, 7) is 3.67. The van der Waals surface area contributed by atoms with Crippen molar-refractivity contribution in [1.82, 2.24) is 4.72 Å². The van der Waals surface area contributed by atoms with Gasteiger partial charge in [0.25, 0.3) is 0 Å². The van der Waals surface area contributed by atoms with E-state index >= 15 is 0 Å². The fraction of sp³-hybridized carbons (Fsp3) is 0.200. The minimum absolute atomic E-state index is 0.0139. The molecule has 0 heterocycles. The molecule has 1 unspecified atom stereocenters. The van der Waals surface area contributed by atoms with E-state index in [9.17, 15) is 12.8 Å². The minimum Gasteiger partial charge on any atom is -0.398 e. The van der Waals surface area contributed by atoms with Crippen LogP contribution in [0.25, 0.3) is 0 Å². The zero-order valence-corrected chi connectivity index (χ0v) is 12.6. The lowest BCUT2D eigenvalue weighted by Gasteiger charge is -2.16. The number of rotatable bonds is 4. The number of nitrogen functional groups attached to an aromatic ring is 1. The van der Waals surface area contributed by atoms with E-state index in [1.54, 1.807) is 6.92 Å². The average Bonchev–Trinajstić information content (AvgIpc) is 2.41. The molecule has 1 atom stereocenters. The summed E-state index contributed by atoms with van der Waals surface area (Å²) < 4.78 is 40.3. The van der Waals surface area contributed by atoms with E-state index in [0.717, 1.165) is 23.3 Å². The molecule has 112 valence electrons. The predicted octanol–water partition coefficient (Wildman–Crippen LogP) is 2.76. The smallest absolute Gasteiger partial charge is 0.243 e. The number of benzene rings is 2. The molecule has 4 nitrogen and oxygen atoms in total.